The molecular formula is C22H19ClN8OS. The highest BCUT2D eigenvalue weighted by molar-refractivity contribution is 7.09. The number of aromatic nitrogens is 6. The predicted octanol–water partition coefficient (Wildman–Crippen LogP) is 3.72. The Morgan fingerprint density at radius 3 is 2.82 bits per heavy atom. The van der Waals surface area contributed by atoms with Crippen molar-refractivity contribution in [3.05, 3.63) is 64.0 Å². The van der Waals surface area contributed by atoms with Gasteiger partial charge in [0.05, 0.1) is 0 Å². The second kappa shape index (κ2) is 8.78. The molecule has 0 bridgehead atoms. The van der Waals surface area contributed by atoms with Crippen LogP contribution in [-0.4, -0.2) is 41.4 Å². The highest BCUT2D eigenvalue weighted by atomic mass is 35.5. The van der Waals surface area contributed by atoms with Crippen molar-refractivity contribution in [2.75, 3.05) is 16.8 Å². The maximum atomic E-state index is 10.6. The molecule has 9 nitrogen and oxygen atoms in total. The minimum atomic E-state index is -1.34. The van der Waals surface area contributed by atoms with Gasteiger partial charge in [-0.2, -0.15) is 10.1 Å². The topological polar surface area (TPSA) is 105 Å². The standard InChI is InChI=1S/C22H19ClN8OS/c1-22(32,19-24-9-12-33-19)8-7-17-13-18-30(10-2-11-31(18)29-17)21-26-14-25-20(28-21)27-16-5-3-15(23)4-6-16/h3-6,9,12-14,32H,2,10-11H2,1H3,(H,25,26,27,28). The third-order valence-electron chi connectivity index (χ3n) is 4.97. The summed E-state index contributed by atoms with van der Waals surface area (Å²) in [5.41, 5.74) is 0.0430. The Bertz CT molecular complexity index is 1320. The van der Waals surface area contributed by atoms with E-state index >= 15 is 0 Å². The summed E-state index contributed by atoms with van der Waals surface area (Å²) in [6.45, 7) is 3.12. The summed E-state index contributed by atoms with van der Waals surface area (Å²) in [6.07, 6.45) is 4.00. The summed E-state index contributed by atoms with van der Waals surface area (Å²) in [7, 11) is 0. The molecule has 0 saturated carbocycles. The van der Waals surface area contributed by atoms with Crippen LogP contribution < -0.4 is 10.2 Å². The van der Waals surface area contributed by atoms with Crippen LogP contribution in [0.4, 0.5) is 23.4 Å². The van der Waals surface area contributed by atoms with Crippen LogP contribution in [0.25, 0.3) is 0 Å². The van der Waals surface area contributed by atoms with E-state index in [1.807, 2.05) is 33.2 Å². The SMILES string of the molecule is CC(O)(C#Cc1cc2n(n1)CCCN2c1ncnc(Nc2ccc(Cl)cc2)n1)c1nccs1. The zero-order valence-electron chi connectivity index (χ0n) is 17.6. The van der Waals surface area contributed by atoms with Crippen molar-refractivity contribution in [2.24, 2.45) is 0 Å². The van der Waals surface area contributed by atoms with E-state index in [0.29, 0.717) is 27.6 Å². The number of thiazole rings is 1. The first kappa shape index (κ1) is 21.3. The van der Waals surface area contributed by atoms with Gasteiger partial charge in [-0.05, 0) is 43.5 Å². The Hall–Kier alpha value is -3.52. The Morgan fingerprint density at radius 1 is 1.18 bits per heavy atom. The van der Waals surface area contributed by atoms with Crippen LogP contribution >= 0.6 is 22.9 Å². The zero-order valence-corrected chi connectivity index (χ0v) is 19.2. The predicted molar refractivity (Wildman–Crippen MR) is 127 cm³/mol. The molecule has 0 radical (unpaired) electrons. The maximum absolute atomic E-state index is 10.6. The third kappa shape index (κ3) is 4.66. The van der Waals surface area contributed by atoms with Crippen LogP contribution in [0, 0.1) is 11.8 Å². The molecule has 0 saturated heterocycles. The Labute approximate surface area is 199 Å². The van der Waals surface area contributed by atoms with E-state index < -0.39 is 5.60 Å². The number of hydrogen-bond donors (Lipinski definition) is 2. The lowest BCUT2D eigenvalue weighted by Gasteiger charge is -2.27. The van der Waals surface area contributed by atoms with Gasteiger partial charge >= 0.3 is 0 Å². The number of fused-ring (bicyclic) bond motifs is 1. The van der Waals surface area contributed by atoms with Gasteiger partial charge in [0.2, 0.25) is 11.9 Å². The normalized spacial score (nSPS) is 14.7. The first-order chi connectivity index (χ1) is 16.0. The van der Waals surface area contributed by atoms with Crippen LogP contribution in [-0.2, 0) is 12.1 Å². The van der Waals surface area contributed by atoms with Crippen LogP contribution in [0.3, 0.4) is 0 Å². The van der Waals surface area contributed by atoms with E-state index in [-0.39, 0.29) is 0 Å². The molecule has 166 valence electrons. The van der Waals surface area contributed by atoms with Gasteiger partial charge in [0, 0.05) is 41.4 Å². The number of aryl methyl sites for hydroxylation is 1. The van der Waals surface area contributed by atoms with Crippen LogP contribution in [0.1, 0.15) is 24.0 Å². The molecule has 1 aromatic carbocycles. The highest BCUT2D eigenvalue weighted by Gasteiger charge is 2.25. The number of nitrogens with zero attached hydrogens (tertiary/aromatic N) is 7. The fourth-order valence-electron chi connectivity index (χ4n) is 3.39. The van der Waals surface area contributed by atoms with E-state index in [1.165, 1.54) is 17.7 Å². The van der Waals surface area contributed by atoms with Gasteiger partial charge in [0.25, 0.3) is 0 Å². The summed E-state index contributed by atoms with van der Waals surface area (Å²) >= 11 is 7.31. The van der Waals surface area contributed by atoms with Gasteiger partial charge in [-0.25, -0.2) is 19.6 Å². The molecule has 4 aromatic rings. The Balaban J connectivity index is 1.40. The highest BCUT2D eigenvalue weighted by Crippen LogP contribution is 2.28. The molecule has 3 aromatic heterocycles. The number of halogens is 1. The minimum absolute atomic E-state index is 0.429. The molecule has 0 fully saturated rings. The van der Waals surface area contributed by atoms with Crippen molar-refractivity contribution in [2.45, 2.75) is 25.5 Å². The Morgan fingerprint density at radius 2 is 2.03 bits per heavy atom. The number of anilines is 4. The van der Waals surface area contributed by atoms with E-state index in [9.17, 15) is 5.11 Å². The lowest BCUT2D eigenvalue weighted by Crippen LogP contribution is -2.29. The molecular weight excluding hydrogens is 460 g/mol. The number of rotatable bonds is 4. The third-order valence-corrected chi connectivity index (χ3v) is 6.21. The first-order valence-corrected chi connectivity index (χ1v) is 11.5. The summed E-state index contributed by atoms with van der Waals surface area (Å²) in [5.74, 6) is 7.64. The summed E-state index contributed by atoms with van der Waals surface area (Å²) in [5, 5.41) is 21.4. The molecule has 2 N–H and O–H groups in total. The lowest BCUT2D eigenvalue weighted by molar-refractivity contribution is 0.122. The van der Waals surface area contributed by atoms with Crippen LogP contribution in [0.2, 0.25) is 5.02 Å². The molecule has 1 unspecified atom stereocenters. The Kier molecular flexibility index (Phi) is 5.68. The van der Waals surface area contributed by atoms with E-state index in [1.54, 1.807) is 25.3 Å². The van der Waals surface area contributed by atoms with Crippen molar-refractivity contribution < 1.29 is 5.11 Å². The summed E-state index contributed by atoms with van der Waals surface area (Å²) in [4.78, 5) is 19.3. The van der Waals surface area contributed by atoms with Crippen LogP contribution in [0.15, 0.2) is 48.2 Å². The van der Waals surface area contributed by atoms with Crippen molar-refractivity contribution in [1.82, 2.24) is 29.7 Å². The molecule has 11 heteroatoms. The molecule has 0 amide bonds. The second-order valence-corrected chi connectivity index (χ2v) is 8.85. The molecule has 1 aliphatic rings. The average molecular weight is 479 g/mol. The molecule has 1 aliphatic heterocycles. The van der Waals surface area contributed by atoms with Crippen LogP contribution in [0.5, 0.6) is 0 Å². The van der Waals surface area contributed by atoms with Gasteiger partial charge < -0.3 is 10.4 Å². The largest absolute Gasteiger partial charge is 0.371 e. The maximum Gasteiger partial charge on any atom is 0.235 e. The number of hydrogen-bond acceptors (Lipinski definition) is 9. The summed E-state index contributed by atoms with van der Waals surface area (Å²) in [6, 6.07) is 9.17. The van der Waals surface area contributed by atoms with Gasteiger partial charge in [-0.3, -0.25) is 4.90 Å². The molecule has 5 rings (SSSR count). The van der Waals surface area contributed by atoms with E-state index in [2.05, 4.69) is 42.2 Å². The van der Waals surface area contributed by atoms with Gasteiger partial charge in [0.15, 0.2) is 5.60 Å². The van der Waals surface area contributed by atoms with Gasteiger partial charge in [-0.15, -0.1) is 11.3 Å². The number of aliphatic hydroxyl groups is 1. The van der Waals surface area contributed by atoms with Crippen molar-refractivity contribution in [3.63, 3.8) is 0 Å². The van der Waals surface area contributed by atoms with E-state index in [0.717, 1.165) is 31.0 Å². The number of benzene rings is 1. The summed E-state index contributed by atoms with van der Waals surface area (Å²) < 4.78 is 1.88. The smallest absolute Gasteiger partial charge is 0.235 e. The lowest BCUT2D eigenvalue weighted by atomic mass is 10.1. The van der Waals surface area contributed by atoms with Gasteiger partial charge in [-0.1, -0.05) is 17.5 Å². The van der Waals surface area contributed by atoms with E-state index in [4.69, 9.17) is 11.6 Å². The average Bonchev–Trinajstić information content (AvgIpc) is 3.50. The fourth-order valence-corrected chi connectivity index (χ4v) is 4.17. The zero-order chi connectivity index (χ0) is 22.8. The van der Waals surface area contributed by atoms with Crippen molar-refractivity contribution in [1.29, 1.82) is 0 Å². The monoisotopic (exact) mass is 478 g/mol. The van der Waals surface area contributed by atoms with Gasteiger partial charge in [0.1, 0.15) is 22.8 Å². The fraction of sp³-hybridized carbons (Fsp3) is 0.227. The molecule has 1 atom stereocenters. The second-order valence-electron chi connectivity index (χ2n) is 7.52. The van der Waals surface area contributed by atoms with Crippen molar-refractivity contribution in [3.8, 4) is 11.8 Å². The first-order valence-electron chi connectivity index (χ1n) is 10.2. The minimum Gasteiger partial charge on any atom is -0.371 e. The quantitative estimate of drug-likeness (QED) is 0.427. The van der Waals surface area contributed by atoms with Crippen molar-refractivity contribution >= 4 is 46.3 Å². The molecule has 4 heterocycles. The molecule has 33 heavy (non-hydrogen) atoms. The molecule has 0 aliphatic carbocycles. The number of nitrogens with one attached hydrogen (secondary N) is 1. The molecule has 0 spiro atoms.